The van der Waals surface area contributed by atoms with E-state index in [1.54, 1.807) is 0 Å². The van der Waals surface area contributed by atoms with Gasteiger partial charge in [-0.25, -0.2) is 18.1 Å². The van der Waals surface area contributed by atoms with Crippen molar-refractivity contribution < 1.29 is 8.42 Å². The number of fused-ring (bicyclic) bond motifs is 1. The second-order valence-electron chi connectivity index (χ2n) is 5.61. The van der Waals surface area contributed by atoms with Crippen molar-refractivity contribution in [2.24, 2.45) is 5.73 Å². The second-order valence-corrected chi connectivity index (χ2v) is 8.01. The summed E-state index contributed by atoms with van der Waals surface area (Å²) in [7, 11) is -2.95. The molecule has 1 fully saturated rings. The number of aromatic nitrogens is 3. The van der Waals surface area contributed by atoms with Gasteiger partial charge in [0.2, 0.25) is 0 Å². The van der Waals surface area contributed by atoms with E-state index in [-0.39, 0.29) is 11.3 Å². The van der Waals surface area contributed by atoms with Crippen LogP contribution in [0.2, 0.25) is 0 Å². The van der Waals surface area contributed by atoms with Gasteiger partial charge in [0.15, 0.2) is 15.7 Å². The Kier molecular flexibility index (Phi) is 3.34. The van der Waals surface area contributed by atoms with Crippen molar-refractivity contribution in [2.75, 3.05) is 5.75 Å². The van der Waals surface area contributed by atoms with Crippen molar-refractivity contribution in [1.29, 1.82) is 0 Å². The zero-order valence-corrected chi connectivity index (χ0v) is 11.8. The molecule has 0 amide bonds. The molecule has 3 heterocycles. The van der Waals surface area contributed by atoms with Crippen LogP contribution in [-0.4, -0.2) is 40.2 Å². The summed E-state index contributed by atoms with van der Waals surface area (Å²) in [5.74, 6) is 1.93. The molecule has 1 saturated heterocycles. The van der Waals surface area contributed by atoms with Crippen LogP contribution in [0, 0.1) is 0 Å². The molecule has 0 spiro atoms. The summed E-state index contributed by atoms with van der Waals surface area (Å²) in [6.07, 6.45) is 4.75. The SMILES string of the molecule is NC1CCc2nc(CC3CCCCS3(=O)=O)nn2C1. The van der Waals surface area contributed by atoms with Crippen molar-refractivity contribution in [3.05, 3.63) is 11.6 Å². The molecule has 2 aliphatic rings. The van der Waals surface area contributed by atoms with Crippen molar-refractivity contribution in [1.82, 2.24) is 14.8 Å². The quantitative estimate of drug-likeness (QED) is 0.829. The number of hydrogen-bond acceptors (Lipinski definition) is 5. The van der Waals surface area contributed by atoms with E-state index in [0.717, 1.165) is 37.9 Å². The highest BCUT2D eigenvalue weighted by Crippen LogP contribution is 2.22. The highest BCUT2D eigenvalue weighted by atomic mass is 32.2. The summed E-state index contributed by atoms with van der Waals surface area (Å²) in [6, 6.07) is 0.139. The molecule has 7 heteroatoms. The summed E-state index contributed by atoms with van der Waals surface area (Å²) < 4.78 is 25.8. The third-order valence-electron chi connectivity index (χ3n) is 4.06. The first kappa shape index (κ1) is 13.1. The molecule has 0 aromatic carbocycles. The third-order valence-corrected chi connectivity index (χ3v) is 6.34. The van der Waals surface area contributed by atoms with Gasteiger partial charge in [0.25, 0.3) is 0 Å². The predicted octanol–water partition coefficient (Wildman–Crippen LogP) is 0.0614. The summed E-state index contributed by atoms with van der Waals surface area (Å²) in [6.45, 7) is 0.694. The molecule has 0 saturated carbocycles. The molecule has 3 rings (SSSR count). The fourth-order valence-corrected chi connectivity index (χ4v) is 4.79. The largest absolute Gasteiger partial charge is 0.326 e. The van der Waals surface area contributed by atoms with E-state index in [0.29, 0.717) is 24.5 Å². The highest BCUT2D eigenvalue weighted by molar-refractivity contribution is 7.92. The maximum Gasteiger partial charge on any atom is 0.153 e. The van der Waals surface area contributed by atoms with Gasteiger partial charge in [0.05, 0.1) is 17.5 Å². The first-order chi connectivity index (χ1) is 9.04. The second kappa shape index (κ2) is 4.86. The molecule has 0 bridgehead atoms. The van der Waals surface area contributed by atoms with Crippen molar-refractivity contribution in [3.8, 4) is 0 Å². The van der Waals surface area contributed by atoms with Crippen LogP contribution in [0.4, 0.5) is 0 Å². The van der Waals surface area contributed by atoms with Gasteiger partial charge in [0.1, 0.15) is 5.82 Å². The maximum absolute atomic E-state index is 12.0. The van der Waals surface area contributed by atoms with Crippen LogP contribution in [0.5, 0.6) is 0 Å². The van der Waals surface area contributed by atoms with Crippen LogP contribution in [0.3, 0.4) is 0 Å². The van der Waals surface area contributed by atoms with E-state index in [4.69, 9.17) is 5.73 Å². The van der Waals surface area contributed by atoms with Gasteiger partial charge in [0, 0.05) is 18.9 Å². The van der Waals surface area contributed by atoms with E-state index in [9.17, 15) is 8.42 Å². The van der Waals surface area contributed by atoms with Crippen molar-refractivity contribution >= 4 is 9.84 Å². The number of hydrogen-bond donors (Lipinski definition) is 1. The molecule has 106 valence electrons. The maximum atomic E-state index is 12.0. The van der Waals surface area contributed by atoms with Gasteiger partial charge >= 0.3 is 0 Å². The lowest BCUT2D eigenvalue weighted by Gasteiger charge is -2.20. The van der Waals surface area contributed by atoms with Gasteiger partial charge in [-0.1, -0.05) is 6.42 Å². The predicted molar refractivity (Wildman–Crippen MR) is 71.4 cm³/mol. The Hall–Kier alpha value is -0.950. The van der Waals surface area contributed by atoms with Crippen LogP contribution >= 0.6 is 0 Å². The zero-order valence-electron chi connectivity index (χ0n) is 11.0. The van der Waals surface area contributed by atoms with Gasteiger partial charge in [-0.3, -0.25) is 0 Å². The Balaban J connectivity index is 1.77. The zero-order chi connectivity index (χ0) is 13.5. The summed E-state index contributed by atoms with van der Waals surface area (Å²) in [4.78, 5) is 4.48. The molecular formula is C12H20N4O2S. The molecular weight excluding hydrogens is 264 g/mol. The molecule has 2 unspecified atom stereocenters. The number of rotatable bonds is 2. The Morgan fingerprint density at radius 1 is 1.32 bits per heavy atom. The van der Waals surface area contributed by atoms with Crippen LogP contribution < -0.4 is 5.73 Å². The molecule has 19 heavy (non-hydrogen) atoms. The van der Waals surface area contributed by atoms with Gasteiger partial charge in [-0.15, -0.1) is 0 Å². The van der Waals surface area contributed by atoms with Crippen LogP contribution in [0.15, 0.2) is 0 Å². The first-order valence-electron chi connectivity index (χ1n) is 6.94. The summed E-state index contributed by atoms with van der Waals surface area (Å²) in [5.41, 5.74) is 5.90. The molecule has 2 atom stereocenters. The summed E-state index contributed by atoms with van der Waals surface area (Å²) >= 11 is 0. The lowest BCUT2D eigenvalue weighted by atomic mass is 10.1. The van der Waals surface area contributed by atoms with E-state index < -0.39 is 9.84 Å². The molecule has 1 aromatic rings. The number of aryl methyl sites for hydroxylation is 1. The molecule has 0 radical (unpaired) electrons. The lowest BCUT2D eigenvalue weighted by Crippen LogP contribution is -2.32. The van der Waals surface area contributed by atoms with Gasteiger partial charge in [-0.2, -0.15) is 5.10 Å². The van der Waals surface area contributed by atoms with Gasteiger partial charge in [-0.05, 0) is 19.3 Å². The molecule has 2 aliphatic heterocycles. The van der Waals surface area contributed by atoms with Crippen LogP contribution in [0.25, 0.3) is 0 Å². The van der Waals surface area contributed by atoms with E-state index in [1.807, 2.05) is 4.68 Å². The third kappa shape index (κ3) is 2.67. The van der Waals surface area contributed by atoms with E-state index in [1.165, 1.54) is 0 Å². The average Bonchev–Trinajstić information content (AvgIpc) is 2.73. The van der Waals surface area contributed by atoms with E-state index >= 15 is 0 Å². The topological polar surface area (TPSA) is 90.9 Å². The Morgan fingerprint density at radius 3 is 2.95 bits per heavy atom. The highest BCUT2D eigenvalue weighted by Gasteiger charge is 2.30. The Labute approximate surface area is 113 Å². The number of nitrogens with two attached hydrogens (primary N) is 1. The summed E-state index contributed by atoms with van der Waals surface area (Å²) in [5, 5.41) is 4.13. The van der Waals surface area contributed by atoms with Gasteiger partial charge < -0.3 is 5.73 Å². The standard InChI is InChI=1S/C12H20N4O2S/c13-9-4-5-12-14-11(15-16(12)8-9)7-10-3-1-2-6-19(10,17)18/h9-10H,1-8,13H2. The van der Waals surface area contributed by atoms with Crippen molar-refractivity contribution in [3.63, 3.8) is 0 Å². The normalized spacial score (nSPS) is 29.9. The Morgan fingerprint density at radius 2 is 2.16 bits per heavy atom. The average molecular weight is 284 g/mol. The molecule has 1 aromatic heterocycles. The van der Waals surface area contributed by atoms with Crippen LogP contribution in [-0.2, 0) is 29.2 Å². The number of nitrogens with zero attached hydrogens (tertiary/aromatic N) is 3. The number of sulfone groups is 1. The van der Waals surface area contributed by atoms with Crippen LogP contribution in [0.1, 0.15) is 37.3 Å². The Bertz CT molecular complexity index is 566. The molecule has 0 aliphatic carbocycles. The minimum absolute atomic E-state index is 0.139. The molecule has 6 nitrogen and oxygen atoms in total. The minimum atomic E-state index is -2.95. The monoisotopic (exact) mass is 284 g/mol. The fourth-order valence-electron chi connectivity index (χ4n) is 2.93. The fraction of sp³-hybridized carbons (Fsp3) is 0.833. The van der Waals surface area contributed by atoms with E-state index in [2.05, 4.69) is 10.1 Å². The molecule has 2 N–H and O–H groups in total. The first-order valence-corrected chi connectivity index (χ1v) is 8.66. The lowest BCUT2D eigenvalue weighted by molar-refractivity contribution is 0.420. The smallest absolute Gasteiger partial charge is 0.153 e. The minimum Gasteiger partial charge on any atom is -0.326 e. The van der Waals surface area contributed by atoms with Crippen molar-refractivity contribution in [2.45, 2.75) is 56.4 Å².